The SMILES string of the molecule is Cc1cc(C)c(C#N)c(SCC2=C(C(=O)OC(C)C)[C@H](c3ccccc3Cl)C(C#N)=C(N)O2)n1. The fraction of sp³-hybridized carbons (Fsp3) is 0.280. The van der Waals surface area contributed by atoms with Gasteiger partial charge in [-0.05, 0) is 51.0 Å². The third-order valence-electron chi connectivity index (χ3n) is 5.04. The molecule has 0 saturated heterocycles. The van der Waals surface area contributed by atoms with E-state index in [0.29, 0.717) is 21.2 Å². The van der Waals surface area contributed by atoms with Crippen LogP contribution in [0.1, 0.15) is 42.1 Å². The number of rotatable bonds is 6. The number of ether oxygens (including phenoxy) is 2. The highest BCUT2D eigenvalue weighted by Crippen LogP contribution is 2.43. The van der Waals surface area contributed by atoms with E-state index in [1.54, 1.807) is 38.1 Å². The molecule has 0 fully saturated rings. The minimum absolute atomic E-state index is 0.0693. The Hall–Kier alpha value is -3.46. The molecule has 2 aromatic rings. The molecule has 0 unspecified atom stereocenters. The van der Waals surface area contributed by atoms with Gasteiger partial charge in [-0.1, -0.05) is 41.6 Å². The van der Waals surface area contributed by atoms with Crippen molar-refractivity contribution in [3.8, 4) is 12.1 Å². The molecule has 0 bridgehead atoms. The number of nitrogens with two attached hydrogens (primary N) is 1. The maximum absolute atomic E-state index is 13.3. The molecule has 9 heteroatoms. The van der Waals surface area contributed by atoms with Crippen LogP contribution in [0.15, 0.2) is 58.1 Å². The fourth-order valence-corrected chi connectivity index (χ4v) is 4.91. The van der Waals surface area contributed by atoms with Crippen molar-refractivity contribution in [1.29, 1.82) is 10.5 Å². The molecule has 0 saturated carbocycles. The molecular formula is C25H23ClN4O3S. The molecule has 0 aliphatic carbocycles. The Kier molecular flexibility index (Phi) is 7.88. The smallest absolute Gasteiger partial charge is 0.338 e. The molecule has 1 aromatic heterocycles. The van der Waals surface area contributed by atoms with Crippen LogP contribution in [0.25, 0.3) is 0 Å². The van der Waals surface area contributed by atoms with Crippen LogP contribution in [-0.2, 0) is 14.3 Å². The fourth-order valence-electron chi connectivity index (χ4n) is 3.62. The van der Waals surface area contributed by atoms with E-state index in [4.69, 9.17) is 26.8 Å². The van der Waals surface area contributed by atoms with E-state index in [2.05, 4.69) is 17.1 Å². The molecule has 34 heavy (non-hydrogen) atoms. The number of hydrogen-bond acceptors (Lipinski definition) is 8. The van der Waals surface area contributed by atoms with Gasteiger partial charge in [0, 0.05) is 10.7 Å². The lowest BCUT2D eigenvalue weighted by molar-refractivity contribution is -0.143. The number of carbonyl (C=O) groups is 1. The number of nitriles is 2. The Morgan fingerprint density at radius 3 is 2.62 bits per heavy atom. The quantitative estimate of drug-likeness (QED) is 0.438. The van der Waals surface area contributed by atoms with Gasteiger partial charge in [0.2, 0.25) is 5.88 Å². The minimum Gasteiger partial charge on any atom is -0.459 e. The van der Waals surface area contributed by atoms with Gasteiger partial charge in [0.25, 0.3) is 0 Å². The first-order valence-corrected chi connectivity index (χ1v) is 11.8. The summed E-state index contributed by atoms with van der Waals surface area (Å²) in [5, 5.41) is 20.3. The molecule has 1 aliphatic rings. The summed E-state index contributed by atoms with van der Waals surface area (Å²) in [6.45, 7) is 7.14. The second-order valence-corrected chi connectivity index (χ2v) is 9.27. The van der Waals surface area contributed by atoms with E-state index in [1.165, 1.54) is 11.8 Å². The average Bonchev–Trinajstić information content (AvgIpc) is 2.76. The van der Waals surface area contributed by atoms with Crippen molar-refractivity contribution >= 4 is 29.3 Å². The van der Waals surface area contributed by atoms with Crippen LogP contribution in [-0.4, -0.2) is 22.8 Å². The Morgan fingerprint density at radius 1 is 1.29 bits per heavy atom. The summed E-state index contributed by atoms with van der Waals surface area (Å²) in [5.74, 6) is -1.26. The largest absolute Gasteiger partial charge is 0.459 e. The standard InChI is InChI=1S/C25H23ClN4O3S/c1-13(2)32-25(31)22-20(12-34-24-17(10-27)14(3)9-15(4)30-24)33-23(29)18(11-28)21(22)16-7-5-6-8-19(16)26/h5-9,13,21H,12,29H2,1-4H3/t21-/m1/s1. The van der Waals surface area contributed by atoms with Crippen LogP contribution >= 0.6 is 23.4 Å². The predicted octanol–water partition coefficient (Wildman–Crippen LogP) is 5.03. The number of halogens is 1. The minimum atomic E-state index is -0.864. The zero-order chi connectivity index (χ0) is 25.0. The summed E-state index contributed by atoms with van der Waals surface area (Å²) < 4.78 is 11.3. The molecular weight excluding hydrogens is 472 g/mol. The highest BCUT2D eigenvalue weighted by atomic mass is 35.5. The van der Waals surface area contributed by atoms with Gasteiger partial charge >= 0.3 is 5.97 Å². The zero-order valence-electron chi connectivity index (χ0n) is 19.2. The lowest BCUT2D eigenvalue weighted by Crippen LogP contribution is -2.28. The van der Waals surface area contributed by atoms with Gasteiger partial charge in [-0.15, -0.1) is 0 Å². The Bertz CT molecular complexity index is 1290. The van der Waals surface area contributed by atoms with Gasteiger partial charge in [0.1, 0.15) is 28.5 Å². The lowest BCUT2D eigenvalue weighted by atomic mass is 9.83. The topological polar surface area (TPSA) is 122 Å². The van der Waals surface area contributed by atoms with Gasteiger partial charge in [-0.2, -0.15) is 10.5 Å². The molecule has 1 aliphatic heterocycles. The molecule has 2 heterocycles. The Labute approximate surface area is 207 Å². The van der Waals surface area contributed by atoms with E-state index in [-0.39, 0.29) is 28.5 Å². The van der Waals surface area contributed by atoms with Crippen molar-refractivity contribution in [3.63, 3.8) is 0 Å². The molecule has 1 aromatic carbocycles. The molecule has 0 radical (unpaired) electrons. The van der Waals surface area contributed by atoms with Crippen molar-refractivity contribution in [2.75, 3.05) is 5.75 Å². The first-order valence-electron chi connectivity index (χ1n) is 10.4. The lowest BCUT2D eigenvalue weighted by Gasteiger charge is -2.29. The normalized spacial score (nSPS) is 15.6. The number of nitrogens with zero attached hydrogens (tertiary/aromatic N) is 3. The summed E-state index contributed by atoms with van der Waals surface area (Å²) >= 11 is 7.70. The highest BCUT2D eigenvalue weighted by Gasteiger charge is 2.39. The van der Waals surface area contributed by atoms with Crippen LogP contribution in [0.5, 0.6) is 0 Å². The Morgan fingerprint density at radius 2 is 2.00 bits per heavy atom. The number of benzene rings is 1. The molecule has 2 N–H and O–H groups in total. The monoisotopic (exact) mass is 494 g/mol. The number of aryl methyl sites for hydroxylation is 2. The highest BCUT2D eigenvalue weighted by molar-refractivity contribution is 7.99. The predicted molar refractivity (Wildman–Crippen MR) is 130 cm³/mol. The van der Waals surface area contributed by atoms with Gasteiger partial charge < -0.3 is 15.2 Å². The van der Waals surface area contributed by atoms with E-state index in [9.17, 15) is 15.3 Å². The Balaban J connectivity index is 2.15. The van der Waals surface area contributed by atoms with Gasteiger partial charge in [-0.25, -0.2) is 9.78 Å². The number of allylic oxidation sites excluding steroid dienone is 1. The second kappa shape index (κ2) is 10.6. The average molecular weight is 495 g/mol. The zero-order valence-corrected chi connectivity index (χ0v) is 20.8. The van der Waals surface area contributed by atoms with Crippen LogP contribution in [0, 0.1) is 36.5 Å². The third kappa shape index (κ3) is 5.20. The number of pyridine rings is 1. The molecule has 3 rings (SSSR count). The molecule has 7 nitrogen and oxygen atoms in total. The van der Waals surface area contributed by atoms with Gasteiger partial charge in [-0.3, -0.25) is 0 Å². The van der Waals surface area contributed by atoms with E-state index < -0.39 is 18.0 Å². The first-order chi connectivity index (χ1) is 16.2. The van der Waals surface area contributed by atoms with Crippen LogP contribution in [0.4, 0.5) is 0 Å². The maximum Gasteiger partial charge on any atom is 0.338 e. The van der Waals surface area contributed by atoms with Crippen molar-refractivity contribution in [3.05, 3.63) is 80.5 Å². The number of carbonyl (C=O) groups excluding carboxylic acids is 1. The van der Waals surface area contributed by atoms with E-state index in [1.807, 2.05) is 19.9 Å². The second-order valence-electron chi connectivity index (χ2n) is 7.90. The van der Waals surface area contributed by atoms with Crippen molar-refractivity contribution < 1.29 is 14.3 Å². The summed E-state index contributed by atoms with van der Waals surface area (Å²) in [5.41, 5.74) is 8.88. The number of thioether (sulfide) groups is 1. The van der Waals surface area contributed by atoms with E-state index >= 15 is 0 Å². The number of hydrogen-bond donors (Lipinski definition) is 1. The van der Waals surface area contributed by atoms with Crippen LogP contribution in [0.3, 0.4) is 0 Å². The summed E-state index contributed by atoms with van der Waals surface area (Å²) in [7, 11) is 0. The maximum atomic E-state index is 13.3. The van der Waals surface area contributed by atoms with E-state index in [0.717, 1.165) is 11.3 Å². The molecule has 1 atom stereocenters. The molecule has 0 spiro atoms. The van der Waals surface area contributed by atoms with Crippen molar-refractivity contribution in [1.82, 2.24) is 4.98 Å². The summed E-state index contributed by atoms with van der Waals surface area (Å²) in [4.78, 5) is 17.7. The van der Waals surface area contributed by atoms with Gasteiger partial charge in [0.15, 0.2) is 0 Å². The summed E-state index contributed by atoms with van der Waals surface area (Å²) in [6.07, 6.45) is -0.402. The first kappa shape index (κ1) is 25.2. The van der Waals surface area contributed by atoms with Crippen molar-refractivity contribution in [2.45, 2.75) is 44.7 Å². The van der Waals surface area contributed by atoms with Crippen molar-refractivity contribution in [2.24, 2.45) is 5.73 Å². The van der Waals surface area contributed by atoms with Crippen LogP contribution in [0.2, 0.25) is 5.02 Å². The van der Waals surface area contributed by atoms with Gasteiger partial charge in [0.05, 0.1) is 28.9 Å². The number of esters is 1. The molecule has 174 valence electrons. The molecule has 0 amide bonds. The third-order valence-corrected chi connectivity index (χ3v) is 6.36. The summed E-state index contributed by atoms with van der Waals surface area (Å²) in [6, 6.07) is 13.0. The van der Waals surface area contributed by atoms with Crippen LogP contribution < -0.4 is 5.73 Å². The number of aromatic nitrogens is 1.